The average Bonchev–Trinajstić information content (AvgIpc) is 3.03. The molecule has 1 aliphatic carbocycles. The molecule has 0 spiro atoms. The second-order valence-electron chi connectivity index (χ2n) is 8.40. The van der Waals surface area contributed by atoms with Gasteiger partial charge in [0.1, 0.15) is 11.6 Å². The molecule has 0 unspecified atom stereocenters. The zero-order chi connectivity index (χ0) is 20.9. The van der Waals surface area contributed by atoms with Crippen LogP contribution in [0.4, 0.5) is 10.2 Å². The highest BCUT2D eigenvalue weighted by molar-refractivity contribution is 5.79. The molecule has 4 rings (SSSR count). The Hall–Kier alpha value is -2.70. The highest BCUT2D eigenvalue weighted by Gasteiger charge is 2.28. The first kappa shape index (κ1) is 20.6. The summed E-state index contributed by atoms with van der Waals surface area (Å²) >= 11 is 0. The Kier molecular flexibility index (Phi) is 6.45. The lowest BCUT2D eigenvalue weighted by molar-refractivity contribution is -0.126. The van der Waals surface area contributed by atoms with Gasteiger partial charge >= 0.3 is 0 Å². The van der Waals surface area contributed by atoms with E-state index in [-0.39, 0.29) is 23.2 Å². The monoisotopic (exact) mass is 412 g/mol. The van der Waals surface area contributed by atoms with Gasteiger partial charge in [0.25, 0.3) is 5.56 Å². The molecular weight excluding hydrogens is 383 g/mol. The molecule has 1 N–H and O–H groups in total. The van der Waals surface area contributed by atoms with Crippen LogP contribution < -0.4 is 15.8 Å². The molecule has 0 bridgehead atoms. The van der Waals surface area contributed by atoms with Crippen molar-refractivity contribution < 1.29 is 9.18 Å². The molecule has 2 heterocycles. The number of anilines is 1. The van der Waals surface area contributed by atoms with Gasteiger partial charge in [0, 0.05) is 25.2 Å². The van der Waals surface area contributed by atoms with E-state index in [4.69, 9.17) is 0 Å². The molecule has 1 aromatic heterocycles. The molecule has 2 aliphatic rings. The summed E-state index contributed by atoms with van der Waals surface area (Å²) in [5, 5.41) is 7.77. The van der Waals surface area contributed by atoms with E-state index in [9.17, 15) is 14.0 Å². The van der Waals surface area contributed by atoms with Gasteiger partial charge in [-0.05, 0) is 56.0 Å². The van der Waals surface area contributed by atoms with Gasteiger partial charge < -0.3 is 10.2 Å². The normalized spacial score (nSPS) is 20.6. The molecule has 2 fully saturated rings. The van der Waals surface area contributed by atoms with E-state index in [1.165, 1.54) is 60.7 Å². The lowest BCUT2D eigenvalue weighted by Gasteiger charge is -2.33. The summed E-state index contributed by atoms with van der Waals surface area (Å²) in [5.41, 5.74) is 0.243. The molecule has 1 saturated heterocycles. The van der Waals surface area contributed by atoms with Crippen molar-refractivity contribution in [2.45, 2.75) is 57.4 Å². The van der Waals surface area contributed by atoms with Gasteiger partial charge in [-0.3, -0.25) is 9.59 Å². The molecule has 160 valence electrons. The SMILES string of the molecule is O=C(NC1CCCCCC1)[C@@H]1CCCN(c2ccc(=O)n(-c3ccc(F)cc3)n2)C1. The van der Waals surface area contributed by atoms with E-state index < -0.39 is 0 Å². The van der Waals surface area contributed by atoms with Gasteiger partial charge in [-0.1, -0.05) is 25.7 Å². The van der Waals surface area contributed by atoms with Crippen molar-refractivity contribution in [2.24, 2.45) is 5.92 Å². The summed E-state index contributed by atoms with van der Waals surface area (Å²) < 4.78 is 14.5. The molecule has 1 atom stereocenters. The smallest absolute Gasteiger partial charge is 0.271 e. The molecule has 30 heavy (non-hydrogen) atoms. The van der Waals surface area contributed by atoms with E-state index in [1.54, 1.807) is 6.07 Å². The van der Waals surface area contributed by atoms with Gasteiger partial charge in [-0.15, -0.1) is 5.10 Å². The minimum atomic E-state index is -0.360. The molecule has 1 amide bonds. The van der Waals surface area contributed by atoms with Crippen molar-refractivity contribution in [2.75, 3.05) is 18.0 Å². The summed E-state index contributed by atoms with van der Waals surface area (Å²) in [6.45, 7) is 1.38. The zero-order valence-electron chi connectivity index (χ0n) is 17.2. The topological polar surface area (TPSA) is 67.2 Å². The van der Waals surface area contributed by atoms with Crippen molar-refractivity contribution >= 4 is 11.7 Å². The minimum absolute atomic E-state index is 0.0741. The Morgan fingerprint density at radius 2 is 1.70 bits per heavy atom. The summed E-state index contributed by atoms with van der Waals surface area (Å²) in [4.78, 5) is 27.2. The van der Waals surface area contributed by atoms with Crippen molar-refractivity contribution in [1.29, 1.82) is 0 Å². The predicted molar refractivity (Wildman–Crippen MR) is 114 cm³/mol. The van der Waals surface area contributed by atoms with Crippen LogP contribution in [0.25, 0.3) is 5.69 Å². The molecule has 1 aromatic carbocycles. The van der Waals surface area contributed by atoms with Crippen LogP contribution >= 0.6 is 0 Å². The van der Waals surface area contributed by atoms with Crippen molar-refractivity contribution in [3.63, 3.8) is 0 Å². The molecule has 0 radical (unpaired) electrons. The number of hydrogen-bond acceptors (Lipinski definition) is 4. The molecular formula is C23H29FN4O2. The Bertz CT molecular complexity index is 920. The van der Waals surface area contributed by atoms with Crippen LogP contribution in [0, 0.1) is 11.7 Å². The lowest BCUT2D eigenvalue weighted by Crippen LogP contribution is -2.46. The predicted octanol–water partition coefficient (Wildman–Crippen LogP) is 3.43. The largest absolute Gasteiger partial charge is 0.354 e. The number of amides is 1. The van der Waals surface area contributed by atoms with Gasteiger partial charge in [0.2, 0.25) is 5.91 Å². The number of aromatic nitrogens is 2. The van der Waals surface area contributed by atoms with E-state index in [0.717, 1.165) is 32.2 Å². The van der Waals surface area contributed by atoms with Crippen molar-refractivity contribution in [1.82, 2.24) is 15.1 Å². The van der Waals surface area contributed by atoms with Crippen molar-refractivity contribution in [3.05, 3.63) is 52.6 Å². The van der Waals surface area contributed by atoms with Gasteiger partial charge in [0.05, 0.1) is 11.6 Å². The molecule has 6 nitrogen and oxygen atoms in total. The first-order valence-corrected chi connectivity index (χ1v) is 11.0. The van der Waals surface area contributed by atoms with Gasteiger partial charge in [0.15, 0.2) is 0 Å². The quantitative estimate of drug-likeness (QED) is 0.782. The van der Waals surface area contributed by atoms with Crippen LogP contribution in [-0.4, -0.2) is 34.8 Å². The van der Waals surface area contributed by atoms with Crippen molar-refractivity contribution in [3.8, 4) is 5.69 Å². The number of halogens is 1. The number of hydrogen-bond donors (Lipinski definition) is 1. The van der Waals surface area contributed by atoms with Crippen LogP contribution in [0.3, 0.4) is 0 Å². The lowest BCUT2D eigenvalue weighted by atomic mass is 9.96. The molecule has 7 heteroatoms. The number of carbonyl (C=O) groups excluding carboxylic acids is 1. The fraction of sp³-hybridized carbons (Fsp3) is 0.522. The average molecular weight is 413 g/mol. The van der Waals surface area contributed by atoms with Crippen LogP contribution in [-0.2, 0) is 4.79 Å². The Balaban J connectivity index is 1.46. The number of benzene rings is 1. The third-order valence-electron chi connectivity index (χ3n) is 6.18. The van der Waals surface area contributed by atoms with Crippen LogP contribution in [0.15, 0.2) is 41.2 Å². The van der Waals surface area contributed by atoms with Crippen LogP contribution in [0.5, 0.6) is 0 Å². The summed E-state index contributed by atoms with van der Waals surface area (Å²) in [6, 6.07) is 9.17. The third-order valence-corrected chi connectivity index (χ3v) is 6.18. The highest BCUT2D eigenvalue weighted by atomic mass is 19.1. The Labute approximate surface area is 176 Å². The minimum Gasteiger partial charge on any atom is -0.354 e. The number of rotatable bonds is 4. The summed E-state index contributed by atoms with van der Waals surface area (Å²) in [6.07, 6.45) is 8.83. The van der Waals surface area contributed by atoms with E-state index in [1.807, 2.05) is 0 Å². The number of piperidine rings is 1. The zero-order valence-corrected chi connectivity index (χ0v) is 17.2. The van der Waals surface area contributed by atoms with E-state index in [2.05, 4.69) is 15.3 Å². The molecule has 1 aliphatic heterocycles. The number of nitrogens with zero attached hydrogens (tertiary/aromatic N) is 3. The Morgan fingerprint density at radius 3 is 2.43 bits per heavy atom. The fourth-order valence-electron chi connectivity index (χ4n) is 4.48. The first-order chi connectivity index (χ1) is 14.6. The standard InChI is InChI=1S/C23H29FN4O2/c24-18-9-11-20(12-10-18)28-22(29)14-13-21(26-28)27-15-5-6-17(16-27)23(30)25-19-7-3-1-2-4-8-19/h9-14,17,19H,1-8,15-16H2,(H,25,30)/t17-/m1/s1. The van der Waals surface area contributed by atoms with Gasteiger partial charge in [-0.25, -0.2) is 4.39 Å². The fourth-order valence-corrected chi connectivity index (χ4v) is 4.48. The maximum absolute atomic E-state index is 13.2. The second kappa shape index (κ2) is 9.41. The highest BCUT2D eigenvalue weighted by Crippen LogP contribution is 2.23. The van der Waals surface area contributed by atoms with Crippen LogP contribution in [0.1, 0.15) is 51.4 Å². The summed E-state index contributed by atoms with van der Waals surface area (Å²) in [7, 11) is 0. The van der Waals surface area contributed by atoms with E-state index in [0.29, 0.717) is 24.1 Å². The van der Waals surface area contributed by atoms with E-state index >= 15 is 0 Å². The van der Waals surface area contributed by atoms with Crippen LogP contribution in [0.2, 0.25) is 0 Å². The third kappa shape index (κ3) is 4.89. The Morgan fingerprint density at radius 1 is 0.967 bits per heavy atom. The van der Waals surface area contributed by atoms with Gasteiger partial charge in [-0.2, -0.15) is 4.68 Å². The second-order valence-corrected chi connectivity index (χ2v) is 8.40. The molecule has 2 aromatic rings. The number of carbonyl (C=O) groups is 1. The maximum atomic E-state index is 13.2. The summed E-state index contributed by atoms with van der Waals surface area (Å²) in [5.74, 6) is 0.362. The first-order valence-electron chi connectivity index (χ1n) is 11.0. The molecule has 1 saturated carbocycles. The maximum Gasteiger partial charge on any atom is 0.271 e. The number of nitrogens with one attached hydrogen (secondary N) is 1.